The number of benzene rings is 1. The Morgan fingerprint density at radius 1 is 1.18 bits per heavy atom. The van der Waals surface area contributed by atoms with Gasteiger partial charge in [0.15, 0.2) is 11.9 Å². The first-order valence-electron chi connectivity index (χ1n) is 9.37. The third-order valence-electron chi connectivity index (χ3n) is 5.58. The number of pyridine rings is 1. The summed E-state index contributed by atoms with van der Waals surface area (Å²) in [7, 11) is 0. The van der Waals surface area contributed by atoms with E-state index in [0.717, 1.165) is 70.9 Å². The second kappa shape index (κ2) is 6.09. The molecule has 1 unspecified atom stereocenters. The molecule has 6 nitrogen and oxygen atoms in total. The number of ether oxygens (including phenoxy) is 1. The van der Waals surface area contributed by atoms with Crippen molar-refractivity contribution in [2.24, 2.45) is 0 Å². The van der Waals surface area contributed by atoms with Gasteiger partial charge in [-0.15, -0.1) is 0 Å². The van der Waals surface area contributed by atoms with Crippen molar-refractivity contribution in [1.29, 1.82) is 0 Å². The smallest absolute Gasteiger partial charge is 0.181 e. The highest BCUT2D eigenvalue weighted by Gasteiger charge is 2.34. The summed E-state index contributed by atoms with van der Waals surface area (Å²) in [5.41, 5.74) is 6.13. The maximum absolute atomic E-state index is 6.47. The first-order valence-corrected chi connectivity index (χ1v) is 9.75. The number of fused-ring (bicyclic) bond motifs is 3. The highest BCUT2D eigenvalue weighted by Crippen LogP contribution is 2.47. The minimum atomic E-state index is -0.176. The van der Waals surface area contributed by atoms with Crippen LogP contribution in [0.1, 0.15) is 28.7 Å². The Kier molecular flexibility index (Phi) is 3.51. The van der Waals surface area contributed by atoms with E-state index in [1.807, 2.05) is 30.5 Å². The maximum atomic E-state index is 6.47. The van der Waals surface area contributed by atoms with Crippen molar-refractivity contribution in [3.8, 4) is 16.9 Å². The van der Waals surface area contributed by atoms with Crippen LogP contribution in [0.25, 0.3) is 22.2 Å². The van der Waals surface area contributed by atoms with Crippen LogP contribution in [-0.2, 0) is 19.4 Å². The number of halogens is 1. The van der Waals surface area contributed by atoms with Crippen molar-refractivity contribution in [1.82, 2.24) is 20.4 Å². The number of hydrogen-bond donors (Lipinski definition) is 2. The molecule has 3 aromatic heterocycles. The van der Waals surface area contributed by atoms with Gasteiger partial charge >= 0.3 is 0 Å². The largest absolute Gasteiger partial charge is 0.481 e. The molecule has 7 heteroatoms. The van der Waals surface area contributed by atoms with Gasteiger partial charge in [0, 0.05) is 52.5 Å². The molecule has 6 rings (SSSR count). The SMILES string of the molecule is Clc1cc2c(c(-c3ccnc4[nH]ccc34)c1)OC(c1onc3c1CCNC3)C2. The van der Waals surface area contributed by atoms with Crippen LogP contribution in [0.4, 0.5) is 0 Å². The first kappa shape index (κ1) is 16.2. The van der Waals surface area contributed by atoms with Crippen molar-refractivity contribution in [2.75, 3.05) is 6.54 Å². The molecule has 0 bridgehead atoms. The molecule has 1 aromatic carbocycles. The second-order valence-corrected chi connectivity index (χ2v) is 7.69. The maximum Gasteiger partial charge on any atom is 0.181 e. The van der Waals surface area contributed by atoms with Crippen LogP contribution in [0, 0.1) is 0 Å². The molecular weight excluding hydrogens is 376 g/mol. The van der Waals surface area contributed by atoms with Gasteiger partial charge in [0.05, 0.1) is 0 Å². The summed E-state index contributed by atoms with van der Waals surface area (Å²) in [6.45, 7) is 1.68. The number of nitrogens with one attached hydrogen (secondary N) is 2. The molecule has 0 aliphatic carbocycles. The minimum absolute atomic E-state index is 0.176. The first-order chi connectivity index (χ1) is 13.8. The predicted molar refractivity (Wildman–Crippen MR) is 106 cm³/mol. The van der Waals surface area contributed by atoms with Gasteiger partial charge in [-0.25, -0.2) is 4.98 Å². The average Bonchev–Trinajstić information content (AvgIpc) is 3.43. The fourth-order valence-corrected chi connectivity index (χ4v) is 4.54. The summed E-state index contributed by atoms with van der Waals surface area (Å²) in [4.78, 5) is 7.55. The molecule has 0 amide bonds. The lowest BCUT2D eigenvalue weighted by molar-refractivity contribution is 0.189. The molecule has 2 aliphatic rings. The Balaban J connectivity index is 1.46. The van der Waals surface area contributed by atoms with E-state index in [4.69, 9.17) is 20.9 Å². The van der Waals surface area contributed by atoms with E-state index >= 15 is 0 Å². The van der Waals surface area contributed by atoms with Gasteiger partial charge in [-0.05, 0) is 42.8 Å². The summed E-state index contributed by atoms with van der Waals surface area (Å²) in [5.74, 6) is 1.71. The molecule has 0 saturated carbocycles. The zero-order valence-electron chi connectivity index (χ0n) is 15.0. The Labute approximate surface area is 165 Å². The van der Waals surface area contributed by atoms with E-state index < -0.39 is 0 Å². The van der Waals surface area contributed by atoms with Crippen LogP contribution in [0.2, 0.25) is 5.02 Å². The van der Waals surface area contributed by atoms with Crippen LogP contribution in [0.3, 0.4) is 0 Å². The van der Waals surface area contributed by atoms with E-state index in [-0.39, 0.29) is 6.10 Å². The lowest BCUT2D eigenvalue weighted by atomic mass is 9.98. The van der Waals surface area contributed by atoms with Crippen LogP contribution in [0.5, 0.6) is 5.75 Å². The molecule has 2 N–H and O–H groups in total. The van der Waals surface area contributed by atoms with E-state index in [0.29, 0.717) is 5.02 Å². The zero-order chi connectivity index (χ0) is 18.7. The minimum Gasteiger partial charge on any atom is -0.481 e. The fraction of sp³-hybridized carbons (Fsp3) is 0.238. The number of hydrogen-bond acceptors (Lipinski definition) is 5. The van der Waals surface area contributed by atoms with Gasteiger partial charge in [0.25, 0.3) is 0 Å². The quantitative estimate of drug-likeness (QED) is 0.535. The summed E-state index contributed by atoms with van der Waals surface area (Å²) >= 11 is 6.47. The number of nitrogens with zero attached hydrogens (tertiary/aromatic N) is 2. The highest BCUT2D eigenvalue weighted by molar-refractivity contribution is 6.31. The van der Waals surface area contributed by atoms with Crippen LogP contribution < -0.4 is 10.1 Å². The molecule has 140 valence electrons. The number of aromatic amines is 1. The third-order valence-corrected chi connectivity index (χ3v) is 5.80. The normalized spacial score (nSPS) is 18.1. The number of H-pyrrole nitrogens is 1. The lowest BCUT2D eigenvalue weighted by Crippen LogP contribution is -2.24. The average molecular weight is 393 g/mol. The van der Waals surface area contributed by atoms with Gasteiger partial charge in [-0.1, -0.05) is 16.8 Å². The van der Waals surface area contributed by atoms with Gasteiger partial charge < -0.3 is 19.6 Å². The molecule has 0 radical (unpaired) electrons. The highest BCUT2D eigenvalue weighted by atomic mass is 35.5. The summed E-state index contributed by atoms with van der Waals surface area (Å²) in [5, 5.41) is 9.31. The monoisotopic (exact) mass is 392 g/mol. The van der Waals surface area contributed by atoms with E-state index in [2.05, 4.69) is 20.4 Å². The number of rotatable bonds is 2. The Morgan fingerprint density at radius 2 is 2.14 bits per heavy atom. The summed E-state index contributed by atoms with van der Waals surface area (Å²) in [6.07, 6.45) is 5.15. The third kappa shape index (κ3) is 2.38. The molecule has 0 saturated heterocycles. The summed E-state index contributed by atoms with van der Waals surface area (Å²) in [6, 6.07) is 7.97. The van der Waals surface area contributed by atoms with E-state index in [1.54, 1.807) is 6.20 Å². The second-order valence-electron chi connectivity index (χ2n) is 7.25. The van der Waals surface area contributed by atoms with Crippen molar-refractivity contribution in [3.05, 3.63) is 64.3 Å². The van der Waals surface area contributed by atoms with Gasteiger partial charge in [0.1, 0.15) is 17.1 Å². The van der Waals surface area contributed by atoms with Gasteiger partial charge in [0.2, 0.25) is 0 Å². The molecule has 4 aromatic rings. The zero-order valence-corrected chi connectivity index (χ0v) is 15.7. The number of aromatic nitrogens is 3. The van der Waals surface area contributed by atoms with Gasteiger partial charge in [-0.2, -0.15) is 0 Å². The van der Waals surface area contributed by atoms with E-state index in [9.17, 15) is 0 Å². The predicted octanol–water partition coefficient (Wildman–Crippen LogP) is 4.19. The molecule has 0 spiro atoms. The standard InChI is InChI=1S/C21H17ClN4O2/c22-12-7-11-8-18(20-15-1-4-23-10-17(15)26-28-20)27-19(11)16(9-12)13-2-5-24-21-14(13)3-6-25-21/h2-3,5-7,9,18,23H,1,4,8,10H2,(H,24,25). The van der Waals surface area contributed by atoms with Crippen LogP contribution in [0.15, 0.2) is 41.2 Å². The molecule has 5 heterocycles. The van der Waals surface area contributed by atoms with Crippen LogP contribution in [-0.4, -0.2) is 21.7 Å². The molecular formula is C21H17ClN4O2. The Morgan fingerprint density at radius 3 is 3.11 bits per heavy atom. The van der Waals surface area contributed by atoms with Crippen LogP contribution >= 0.6 is 11.6 Å². The topological polar surface area (TPSA) is 76.0 Å². The molecule has 2 aliphatic heterocycles. The van der Waals surface area contributed by atoms with Crippen molar-refractivity contribution in [2.45, 2.75) is 25.5 Å². The lowest BCUT2D eigenvalue weighted by Gasteiger charge is -2.15. The Bertz CT molecular complexity index is 1210. The van der Waals surface area contributed by atoms with Crippen molar-refractivity contribution < 1.29 is 9.26 Å². The fourth-order valence-electron chi connectivity index (χ4n) is 4.30. The van der Waals surface area contributed by atoms with E-state index in [1.165, 1.54) is 5.56 Å². The van der Waals surface area contributed by atoms with Gasteiger partial charge in [-0.3, -0.25) is 0 Å². The Hall–Kier alpha value is -2.83. The molecule has 28 heavy (non-hydrogen) atoms. The molecule has 1 atom stereocenters. The molecule has 0 fully saturated rings. The van der Waals surface area contributed by atoms with Crippen molar-refractivity contribution in [3.63, 3.8) is 0 Å². The van der Waals surface area contributed by atoms with Crippen molar-refractivity contribution >= 4 is 22.6 Å². The summed E-state index contributed by atoms with van der Waals surface area (Å²) < 4.78 is 12.1.